The summed E-state index contributed by atoms with van der Waals surface area (Å²) >= 11 is 0. The van der Waals surface area contributed by atoms with Crippen LogP contribution < -0.4 is 68.7 Å². The van der Waals surface area contributed by atoms with Gasteiger partial charge in [-0.05, 0) is 0 Å². The maximum absolute atomic E-state index is 8.52. The molecule has 0 aliphatic carbocycles. The Bertz CT molecular complexity index is 38.3. The molecule has 0 atom stereocenters. The van der Waals surface area contributed by atoms with Crippen molar-refractivity contribution in [3.8, 4) is 0 Å². The van der Waals surface area contributed by atoms with E-state index in [-0.39, 0.29) is 162 Å². The molecule has 0 N–H and O–H groups in total. The molecule has 0 bridgehead atoms. The molecule has 0 amide bonds. The van der Waals surface area contributed by atoms with Gasteiger partial charge in [-0.1, -0.05) is 0 Å². The van der Waals surface area contributed by atoms with Crippen LogP contribution in [0.5, 0.6) is 0 Å². The molecule has 0 unspecified atom stereocenters. The summed E-state index contributed by atoms with van der Waals surface area (Å²) in [6, 6.07) is 0. The van der Waals surface area contributed by atoms with Crippen LogP contribution in [0.1, 0.15) is 0 Å². The van der Waals surface area contributed by atoms with Gasteiger partial charge in [-0.2, -0.15) is 0 Å². The van der Waals surface area contributed by atoms with Crippen molar-refractivity contribution in [2.45, 2.75) is 0 Å². The van der Waals surface area contributed by atoms with Crippen molar-refractivity contribution < 1.29 is 73.2 Å². The summed E-state index contributed by atoms with van der Waals surface area (Å²) in [6.45, 7) is 0. The fourth-order valence-corrected chi connectivity index (χ4v) is 0. The van der Waals surface area contributed by atoms with E-state index < -0.39 is 9.17 Å². The number of rotatable bonds is 0. The van der Waals surface area contributed by atoms with E-state index in [9.17, 15) is 0 Å². The number of hydrogen-bond donors (Lipinski definition) is 0. The fourth-order valence-electron chi connectivity index (χ4n) is 0. The summed E-state index contributed by atoms with van der Waals surface area (Å²) in [4.78, 5) is 17.0. The molecule has 8 heavy (non-hydrogen) atoms. The molecule has 0 aromatic rings. The maximum Gasteiger partial charge on any atom is 1.00 e. The Morgan fingerprint density at radius 3 is 1.00 bits per heavy atom. The second-order valence-electron chi connectivity index (χ2n) is 0.250. The van der Waals surface area contributed by atoms with Crippen molar-refractivity contribution in [3.63, 3.8) is 0 Å². The van der Waals surface area contributed by atoms with Crippen molar-refractivity contribution in [1.29, 1.82) is 0 Å². The largest absolute Gasteiger partial charge is 1.00 e. The smallest absolute Gasteiger partial charge is 1.00 e. The van der Waals surface area contributed by atoms with E-state index in [1.54, 1.807) is 0 Å². The van der Waals surface area contributed by atoms with Crippen LogP contribution in [0.15, 0.2) is 0 Å². The van der Waals surface area contributed by atoms with Gasteiger partial charge in [-0.25, -0.2) is 0 Å². The van der Waals surface area contributed by atoms with E-state index in [0.29, 0.717) is 0 Å². The normalized spacial score (nSPS) is 3.00. The third-order valence-corrected chi connectivity index (χ3v) is 0. The molecular weight excluding hydrogens is 200 g/mol. The van der Waals surface area contributed by atoms with Gasteiger partial charge in [0.1, 0.15) is 0 Å². The monoisotopic (exact) mass is 202 g/mol. The van der Waals surface area contributed by atoms with Crippen LogP contribution in [0, 0.1) is 0 Å². The van der Waals surface area contributed by atoms with Gasteiger partial charge in [0.05, 0.1) is 0 Å². The second-order valence-corrected chi connectivity index (χ2v) is 0.750. The van der Waals surface area contributed by atoms with Crippen LogP contribution in [0.2, 0.25) is 0 Å². The van der Waals surface area contributed by atoms with Gasteiger partial charge < -0.3 is 14.1 Å². The van der Waals surface area contributed by atoms with Crippen molar-refractivity contribution in [2.24, 2.45) is 0 Å². The van der Waals surface area contributed by atoms with Gasteiger partial charge in [0.2, 0.25) is 0 Å². The van der Waals surface area contributed by atoms with Gasteiger partial charge in [-0.3, -0.25) is 0 Å². The molecule has 0 fully saturated rings. The molecule has 0 radical (unpaired) electrons. The third-order valence-electron chi connectivity index (χ3n) is 0. The molecule has 0 spiro atoms. The summed E-state index contributed by atoms with van der Waals surface area (Å²) in [5.74, 6) is 0. The van der Waals surface area contributed by atoms with Gasteiger partial charge in [0.25, 0.3) is 0 Å². The van der Waals surface area contributed by atoms with Crippen molar-refractivity contribution >= 4 is 112 Å². The van der Waals surface area contributed by atoms with Crippen molar-refractivity contribution in [3.05, 3.63) is 0 Å². The minimum absolute atomic E-state index is 0. The van der Waals surface area contributed by atoms with Gasteiger partial charge in [0.15, 0.2) is 0 Å². The van der Waals surface area contributed by atoms with Gasteiger partial charge >= 0.3 is 162 Å². The molecule has 0 saturated carbocycles. The van der Waals surface area contributed by atoms with Gasteiger partial charge in [0, 0.05) is 9.17 Å². The summed E-state index contributed by atoms with van der Waals surface area (Å²) in [6.07, 6.45) is 0. The average Bonchev–Trinajstić information content (AvgIpc) is 0.811. The van der Waals surface area contributed by atoms with E-state index in [2.05, 4.69) is 0 Å². The quantitative estimate of drug-likeness (QED) is 0.366. The molecule has 0 aromatic heterocycles. The van der Waals surface area contributed by atoms with E-state index >= 15 is 0 Å². The zero-order valence-corrected chi connectivity index (χ0v) is 8.72. The van der Waals surface area contributed by atoms with Crippen LogP contribution in [-0.2, 0) is 4.46 Å². The standard InChI is InChI=1S/2K.2Na.O3Si.2H/c;;;;1-4(2)3;;/q;;2*+1;-2;;. The van der Waals surface area contributed by atoms with E-state index in [1.807, 2.05) is 0 Å². The minimum Gasteiger partial charge on any atom is 1.00 e. The Balaban J connectivity index is -0.00000000750. The molecule has 0 heterocycles. The minimum atomic E-state index is -3.63. The van der Waals surface area contributed by atoms with E-state index in [1.165, 1.54) is 0 Å². The first-order chi connectivity index (χ1) is 1.73. The fraction of sp³-hybridized carbons (Fsp3) is 0. The Hall–Kier alpha value is 4.89. The number of hydrogen-bond acceptors (Lipinski definition) is 3. The molecule has 0 saturated heterocycles. The predicted molar refractivity (Wildman–Crippen MR) is 20.7 cm³/mol. The first-order valence-corrected chi connectivity index (χ1v) is 1.84. The van der Waals surface area contributed by atoms with Crippen molar-refractivity contribution in [2.75, 3.05) is 0 Å². The van der Waals surface area contributed by atoms with Crippen molar-refractivity contribution in [1.82, 2.24) is 0 Å². The first kappa shape index (κ1) is 29.3. The summed E-state index contributed by atoms with van der Waals surface area (Å²) in [7, 11) is -3.63. The molecule has 0 rings (SSSR count). The van der Waals surface area contributed by atoms with Crippen LogP contribution in [0.25, 0.3) is 0 Å². The van der Waals surface area contributed by atoms with E-state index in [0.717, 1.165) is 0 Å². The topological polar surface area (TPSA) is 63.2 Å². The molecule has 8 heteroatoms. The molecule has 0 aliphatic heterocycles. The summed E-state index contributed by atoms with van der Waals surface area (Å²) in [5, 5.41) is 0. The Kier molecular flexibility index (Phi) is 82.9. The average molecular weight is 202 g/mol. The molecule has 0 aliphatic rings. The van der Waals surface area contributed by atoms with Crippen LogP contribution in [0.4, 0.5) is 0 Å². The Labute approximate surface area is 179 Å². The zero-order chi connectivity index (χ0) is 3.58. The summed E-state index contributed by atoms with van der Waals surface area (Å²) < 4.78 is 8.52. The summed E-state index contributed by atoms with van der Waals surface area (Å²) in [5.41, 5.74) is 0. The first-order valence-electron chi connectivity index (χ1n) is 0.612. The van der Waals surface area contributed by atoms with Crippen LogP contribution >= 0.6 is 0 Å². The predicted octanol–water partition coefficient (Wildman–Crippen LogP) is -10.2. The maximum atomic E-state index is 8.52. The second kappa shape index (κ2) is 22.7. The van der Waals surface area contributed by atoms with E-state index in [4.69, 9.17) is 14.1 Å². The zero-order valence-electron chi connectivity index (χ0n) is 3.72. The molecule has 3 nitrogen and oxygen atoms in total. The molecule has 28 valence electrons. The van der Waals surface area contributed by atoms with Crippen LogP contribution in [0.3, 0.4) is 0 Å². The Morgan fingerprint density at radius 1 is 1.00 bits per heavy atom. The SMILES string of the molecule is O=[Si]([O-])[O-].[KH].[KH].[Na+].[Na+]. The Morgan fingerprint density at radius 2 is 1.00 bits per heavy atom. The third kappa shape index (κ3) is 44.5. The molecule has 0 aromatic carbocycles. The van der Waals surface area contributed by atoms with Gasteiger partial charge in [-0.15, -0.1) is 0 Å². The molecular formula is H2K2Na2O3Si. The van der Waals surface area contributed by atoms with Crippen LogP contribution in [-0.4, -0.2) is 112 Å².